The smallest absolute Gasteiger partial charge is 0.141 e. The first-order chi connectivity index (χ1) is 7.27. The summed E-state index contributed by atoms with van der Waals surface area (Å²) in [7, 11) is 0. The molecule has 0 bridgehead atoms. The van der Waals surface area contributed by atoms with Crippen molar-refractivity contribution in [1.82, 2.24) is 10.3 Å². The molecule has 3 nitrogen and oxygen atoms in total. The Morgan fingerprint density at radius 3 is 3.13 bits per heavy atom. The van der Waals surface area contributed by atoms with Gasteiger partial charge < -0.3 is 10.1 Å². The van der Waals surface area contributed by atoms with Crippen LogP contribution in [0.4, 0.5) is 4.39 Å². The van der Waals surface area contributed by atoms with Crippen molar-refractivity contribution in [2.24, 2.45) is 0 Å². The third-order valence-electron chi connectivity index (χ3n) is 2.45. The van der Waals surface area contributed by atoms with Gasteiger partial charge in [-0.25, -0.2) is 4.39 Å². The first-order valence-corrected chi connectivity index (χ1v) is 5.08. The summed E-state index contributed by atoms with van der Waals surface area (Å²) < 4.78 is 18.2. The molecule has 1 aromatic heterocycles. The Morgan fingerprint density at radius 2 is 2.40 bits per heavy atom. The highest BCUT2D eigenvalue weighted by molar-refractivity contribution is 5.15. The van der Waals surface area contributed by atoms with E-state index in [1.54, 1.807) is 6.07 Å². The molecule has 1 aliphatic rings. The van der Waals surface area contributed by atoms with Crippen molar-refractivity contribution in [3.63, 3.8) is 0 Å². The van der Waals surface area contributed by atoms with E-state index in [2.05, 4.69) is 10.3 Å². The van der Waals surface area contributed by atoms with Crippen LogP contribution in [0.3, 0.4) is 0 Å². The molecule has 15 heavy (non-hydrogen) atoms. The minimum atomic E-state index is -0.314. The van der Waals surface area contributed by atoms with Crippen molar-refractivity contribution in [3.8, 4) is 0 Å². The molecule has 1 unspecified atom stereocenters. The van der Waals surface area contributed by atoms with Crippen molar-refractivity contribution in [2.45, 2.75) is 19.4 Å². The van der Waals surface area contributed by atoms with E-state index in [1.165, 1.54) is 12.3 Å². The Bertz CT molecular complexity index is 315. The number of nitrogens with one attached hydrogen (secondary N) is 1. The van der Waals surface area contributed by atoms with E-state index in [1.807, 2.05) is 6.92 Å². The van der Waals surface area contributed by atoms with E-state index in [9.17, 15) is 4.39 Å². The molecule has 1 saturated heterocycles. The molecule has 0 aliphatic carbocycles. The van der Waals surface area contributed by atoms with Gasteiger partial charge in [0.15, 0.2) is 0 Å². The highest BCUT2D eigenvalue weighted by Crippen LogP contribution is 2.25. The number of aromatic nitrogens is 1. The van der Waals surface area contributed by atoms with E-state index in [-0.39, 0.29) is 11.9 Å². The molecule has 4 heteroatoms. The van der Waals surface area contributed by atoms with Crippen LogP contribution in [-0.4, -0.2) is 18.1 Å². The van der Waals surface area contributed by atoms with Crippen molar-refractivity contribution in [1.29, 1.82) is 0 Å². The molecule has 0 spiro atoms. The molecule has 1 radical (unpaired) electrons. The number of halogens is 1. The summed E-state index contributed by atoms with van der Waals surface area (Å²) in [4.78, 5) is 4.06. The van der Waals surface area contributed by atoms with Crippen LogP contribution >= 0.6 is 0 Å². The lowest BCUT2D eigenvalue weighted by molar-refractivity contribution is 0.140. The van der Waals surface area contributed by atoms with Gasteiger partial charge in [0.05, 0.1) is 17.9 Å². The zero-order chi connectivity index (χ0) is 10.7. The number of hydrogen-bond acceptors (Lipinski definition) is 3. The second-order valence-electron chi connectivity index (χ2n) is 3.60. The van der Waals surface area contributed by atoms with E-state index >= 15 is 0 Å². The summed E-state index contributed by atoms with van der Waals surface area (Å²) >= 11 is 0. The van der Waals surface area contributed by atoms with Gasteiger partial charge in [0.1, 0.15) is 11.9 Å². The van der Waals surface area contributed by atoms with Crippen LogP contribution in [-0.2, 0) is 4.74 Å². The summed E-state index contributed by atoms with van der Waals surface area (Å²) in [6, 6.07) is 3.08. The molecule has 1 fully saturated rings. The molecule has 2 rings (SSSR count). The molecule has 1 atom stereocenters. The first kappa shape index (κ1) is 10.5. The highest BCUT2D eigenvalue weighted by Gasteiger charge is 2.23. The maximum atomic E-state index is 12.7. The van der Waals surface area contributed by atoms with E-state index in [4.69, 9.17) is 4.74 Å². The summed E-state index contributed by atoms with van der Waals surface area (Å²) in [5.41, 5.74) is 0.802. The fraction of sp³-hybridized carbons (Fsp3) is 0.455. The van der Waals surface area contributed by atoms with Gasteiger partial charge in [0.25, 0.3) is 0 Å². The molecule has 0 saturated carbocycles. The Morgan fingerprint density at radius 1 is 1.53 bits per heavy atom. The molecule has 2 heterocycles. The zero-order valence-electron chi connectivity index (χ0n) is 8.66. The normalized spacial score (nSPS) is 23.7. The SMILES string of the molecule is C[C]1OCCCNC1c1ccc(F)cn1. The van der Waals surface area contributed by atoms with E-state index < -0.39 is 0 Å². The van der Waals surface area contributed by atoms with Crippen LogP contribution < -0.4 is 5.32 Å². The number of rotatable bonds is 1. The van der Waals surface area contributed by atoms with Crippen LogP contribution in [0, 0.1) is 11.9 Å². The van der Waals surface area contributed by atoms with E-state index in [0.717, 1.165) is 31.4 Å². The van der Waals surface area contributed by atoms with Gasteiger partial charge in [-0.1, -0.05) is 0 Å². The second kappa shape index (κ2) is 4.68. The first-order valence-electron chi connectivity index (χ1n) is 5.08. The molecule has 81 valence electrons. The Kier molecular flexibility index (Phi) is 3.28. The molecule has 0 amide bonds. The largest absolute Gasteiger partial charge is 0.370 e. The maximum Gasteiger partial charge on any atom is 0.141 e. The predicted molar refractivity (Wildman–Crippen MR) is 54.4 cm³/mol. The molecule has 0 aromatic carbocycles. The number of hydrogen-bond donors (Lipinski definition) is 1. The third-order valence-corrected chi connectivity index (χ3v) is 2.45. The third kappa shape index (κ3) is 2.52. The van der Waals surface area contributed by atoms with Gasteiger partial charge >= 0.3 is 0 Å². The van der Waals surface area contributed by atoms with Crippen molar-refractivity contribution in [2.75, 3.05) is 13.2 Å². The van der Waals surface area contributed by atoms with Gasteiger partial charge in [-0.3, -0.25) is 4.98 Å². The number of nitrogens with zero attached hydrogens (tertiary/aromatic N) is 1. The monoisotopic (exact) mass is 209 g/mol. The molecular formula is C11H14FN2O. The van der Waals surface area contributed by atoms with Crippen LogP contribution in [0.1, 0.15) is 25.1 Å². The molecule has 1 N–H and O–H groups in total. The Hall–Kier alpha value is -1.00. The minimum Gasteiger partial charge on any atom is -0.370 e. The Labute approximate surface area is 88.7 Å². The lowest BCUT2D eigenvalue weighted by Gasteiger charge is -2.20. The summed E-state index contributed by atoms with van der Waals surface area (Å²) in [5, 5.41) is 3.32. The quantitative estimate of drug-likeness (QED) is 0.766. The number of ether oxygens (including phenoxy) is 1. The minimum absolute atomic E-state index is 0.0203. The number of pyridine rings is 1. The highest BCUT2D eigenvalue weighted by atomic mass is 19.1. The second-order valence-corrected chi connectivity index (χ2v) is 3.60. The molecule has 1 aromatic rings. The average Bonchev–Trinajstić information content (AvgIpc) is 2.44. The maximum absolute atomic E-state index is 12.7. The topological polar surface area (TPSA) is 34.1 Å². The summed E-state index contributed by atoms with van der Waals surface area (Å²) in [6.07, 6.45) is 3.11. The zero-order valence-corrected chi connectivity index (χ0v) is 8.66. The molecule has 1 aliphatic heterocycles. The Balaban J connectivity index is 2.16. The van der Waals surface area contributed by atoms with Gasteiger partial charge in [-0.15, -0.1) is 0 Å². The van der Waals surface area contributed by atoms with Gasteiger partial charge in [0, 0.05) is 6.61 Å². The van der Waals surface area contributed by atoms with Crippen LogP contribution in [0.2, 0.25) is 0 Å². The van der Waals surface area contributed by atoms with Crippen LogP contribution in [0.25, 0.3) is 0 Å². The van der Waals surface area contributed by atoms with Crippen molar-refractivity contribution >= 4 is 0 Å². The van der Waals surface area contributed by atoms with Crippen LogP contribution in [0.15, 0.2) is 18.3 Å². The fourth-order valence-corrected chi connectivity index (χ4v) is 1.65. The molecular weight excluding hydrogens is 195 g/mol. The van der Waals surface area contributed by atoms with Gasteiger partial charge in [0.2, 0.25) is 0 Å². The van der Waals surface area contributed by atoms with Gasteiger partial charge in [-0.2, -0.15) is 0 Å². The lowest BCUT2D eigenvalue weighted by Crippen LogP contribution is -2.25. The summed E-state index contributed by atoms with van der Waals surface area (Å²) in [6.45, 7) is 3.55. The summed E-state index contributed by atoms with van der Waals surface area (Å²) in [5.74, 6) is -0.314. The van der Waals surface area contributed by atoms with Crippen molar-refractivity contribution < 1.29 is 9.13 Å². The predicted octanol–water partition coefficient (Wildman–Crippen LogP) is 1.82. The van der Waals surface area contributed by atoms with Crippen molar-refractivity contribution in [3.05, 3.63) is 35.9 Å². The van der Waals surface area contributed by atoms with Crippen LogP contribution in [0.5, 0.6) is 0 Å². The van der Waals surface area contributed by atoms with E-state index in [0.29, 0.717) is 0 Å². The fourth-order valence-electron chi connectivity index (χ4n) is 1.65. The van der Waals surface area contributed by atoms with Gasteiger partial charge in [-0.05, 0) is 32.0 Å². The average molecular weight is 209 g/mol. The standard InChI is InChI=1S/C11H14FN2O/c1-8-11(13-5-2-6-15-8)10-4-3-9(12)7-14-10/h3-4,7,11,13H,2,5-6H2,1H3. The lowest BCUT2D eigenvalue weighted by atomic mass is 10.1.